The van der Waals surface area contributed by atoms with Gasteiger partial charge < -0.3 is 35.3 Å². The van der Waals surface area contributed by atoms with Crippen LogP contribution in [0.25, 0.3) is 0 Å². The number of ether oxygens (including phenoxy) is 3. The number of rotatable bonds is 11. The van der Waals surface area contributed by atoms with Gasteiger partial charge in [0.25, 0.3) is 0 Å². The summed E-state index contributed by atoms with van der Waals surface area (Å²) in [5.41, 5.74) is -1.78. The molecule has 1 saturated heterocycles. The Hall–Kier alpha value is -5.08. The molecule has 12 nitrogen and oxygen atoms in total. The lowest BCUT2D eigenvalue weighted by atomic mass is 9.61. The number of amides is 2. The Morgan fingerprint density at radius 2 is 1.88 bits per heavy atom. The van der Waals surface area contributed by atoms with E-state index in [4.69, 9.17) is 42.5 Å². The highest BCUT2D eigenvalue weighted by molar-refractivity contribution is 6.32. The average molecular weight is 756 g/mol. The fourth-order valence-corrected chi connectivity index (χ4v) is 6.63. The molecule has 274 valence electrons. The number of aliphatic carboxylic acids is 1. The number of esters is 1. The van der Waals surface area contributed by atoms with Gasteiger partial charge >= 0.3 is 18.0 Å². The first-order valence-electron chi connectivity index (χ1n) is 16.0. The summed E-state index contributed by atoms with van der Waals surface area (Å²) in [4.78, 5) is 49.6. The largest absolute Gasteiger partial charge is 0.495 e. The third-order valence-corrected chi connectivity index (χ3v) is 8.86. The summed E-state index contributed by atoms with van der Waals surface area (Å²) in [6.07, 6.45) is 2.88. The number of anilines is 1. The van der Waals surface area contributed by atoms with Gasteiger partial charge in [-0.25, -0.2) is 14.0 Å². The zero-order valence-electron chi connectivity index (χ0n) is 28.9. The topological polar surface area (TPSA) is 176 Å². The Morgan fingerprint density at radius 1 is 1.15 bits per heavy atom. The van der Waals surface area contributed by atoms with Crippen molar-refractivity contribution in [1.29, 1.82) is 5.26 Å². The number of nitriles is 1. The van der Waals surface area contributed by atoms with Crippen LogP contribution in [0.4, 0.5) is 14.9 Å². The van der Waals surface area contributed by atoms with Gasteiger partial charge in [0.05, 0.1) is 35.5 Å². The molecule has 0 bridgehead atoms. The molecule has 1 aliphatic carbocycles. The number of hydrogen-bond acceptors (Lipinski definition) is 9. The molecule has 52 heavy (non-hydrogen) atoms. The summed E-state index contributed by atoms with van der Waals surface area (Å²) in [5.74, 6) is 0.829. The average Bonchev–Trinajstić information content (AvgIpc) is 3.21. The van der Waals surface area contributed by atoms with Gasteiger partial charge in [0.1, 0.15) is 23.5 Å². The highest BCUT2D eigenvalue weighted by Gasteiger charge is 2.61. The molecular weight excluding hydrogens is 718 g/mol. The lowest BCUT2D eigenvalue weighted by Crippen LogP contribution is -2.47. The van der Waals surface area contributed by atoms with E-state index in [9.17, 15) is 24.4 Å². The second-order valence-electron chi connectivity index (χ2n) is 13.3. The SMILES string of the molecule is COc1cc(C(=O)OC(C)OC(=O)NCC(=O)O)ccc1NC(=O)[C@@H]1NC(CC(C)(C)C)[C@](C#N)(c2ccc(Cl)cc2F)C1C1C#CC(Cl)=CC=C1. The van der Waals surface area contributed by atoms with E-state index in [0.717, 1.165) is 6.07 Å². The van der Waals surface area contributed by atoms with Crippen LogP contribution in [0, 0.1) is 46.2 Å². The van der Waals surface area contributed by atoms with Gasteiger partial charge in [-0.2, -0.15) is 5.26 Å². The van der Waals surface area contributed by atoms with Crippen LogP contribution >= 0.6 is 23.2 Å². The molecule has 1 fully saturated rings. The van der Waals surface area contributed by atoms with Crippen LogP contribution in [0.1, 0.15) is 50.0 Å². The molecule has 4 rings (SSSR count). The van der Waals surface area contributed by atoms with Gasteiger partial charge in [-0.1, -0.05) is 74.0 Å². The number of nitrogens with zero attached hydrogens (tertiary/aromatic N) is 1. The Labute approximate surface area is 310 Å². The van der Waals surface area contributed by atoms with E-state index in [1.54, 1.807) is 18.2 Å². The standard InChI is InChI=1S/C37H37Cl2FN4O8/c1-20(52-35(49)42-18-30(45)46)51-34(48)22-10-14-27(28(15-22)50-5)43-33(47)32-31(21-7-6-8-23(38)11-9-21)37(19-41,29(44-32)17-36(2,3)4)25-13-12-24(39)16-26(25)40/h6-8,10,12-16,20-21,29,31-32,44H,17-18H2,1-5H3,(H,42,49)(H,43,47)(H,45,46)/t20?,21?,29?,31?,32-,37+/m1/s1. The molecule has 4 N–H and O–H groups in total. The third kappa shape index (κ3) is 9.22. The molecule has 6 atom stereocenters. The van der Waals surface area contributed by atoms with Crippen LogP contribution < -0.4 is 20.7 Å². The quantitative estimate of drug-likeness (QED) is 0.123. The second-order valence-corrected chi connectivity index (χ2v) is 14.2. The van der Waals surface area contributed by atoms with Gasteiger partial charge in [-0.15, -0.1) is 0 Å². The van der Waals surface area contributed by atoms with Crippen molar-refractivity contribution in [2.24, 2.45) is 17.3 Å². The number of allylic oxidation sites excluding steroid dienone is 4. The smallest absolute Gasteiger partial charge is 0.410 e. The first-order valence-corrected chi connectivity index (χ1v) is 16.8. The van der Waals surface area contributed by atoms with Crippen LogP contribution in [0.2, 0.25) is 5.02 Å². The molecule has 2 aliphatic rings. The molecule has 1 heterocycles. The molecule has 2 aromatic rings. The maximum absolute atomic E-state index is 16.0. The van der Waals surface area contributed by atoms with Crippen molar-refractivity contribution >= 4 is 52.8 Å². The van der Waals surface area contributed by atoms with Crippen LogP contribution in [-0.2, 0) is 24.5 Å². The molecule has 4 unspecified atom stereocenters. The monoisotopic (exact) mass is 754 g/mol. The van der Waals surface area contributed by atoms with E-state index in [2.05, 4.69) is 28.5 Å². The zero-order valence-corrected chi connectivity index (χ0v) is 30.4. The molecule has 2 aromatic carbocycles. The van der Waals surface area contributed by atoms with Crippen molar-refractivity contribution in [1.82, 2.24) is 10.6 Å². The number of carbonyl (C=O) groups is 4. The molecule has 15 heteroatoms. The predicted molar refractivity (Wildman–Crippen MR) is 190 cm³/mol. The second kappa shape index (κ2) is 16.5. The lowest BCUT2D eigenvalue weighted by molar-refractivity contribution is -0.136. The maximum Gasteiger partial charge on any atom is 0.410 e. The van der Waals surface area contributed by atoms with Crippen molar-refractivity contribution in [2.45, 2.75) is 57.9 Å². The van der Waals surface area contributed by atoms with Crippen molar-refractivity contribution in [2.75, 3.05) is 19.0 Å². The van der Waals surface area contributed by atoms with E-state index in [-0.39, 0.29) is 38.0 Å². The fraction of sp³-hybridized carbons (Fsp3) is 0.378. The molecular formula is C37H37Cl2FN4O8. The third-order valence-electron chi connectivity index (χ3n) is 8.41. The number of hydrogen-bond donors (Lipinski definition) is 4. The number of nitrogens with one attached hydrogen (secondary N) is 3. The first kappa shape index (κ1) is 39.7. The summed E-state index contributed by atoms with van der Waals surface area (Å²) in [7, 11) is 1.32. The van der Waals surface area contributed by atoms with E-state index < -0.39 is 71.9 Å². The number of alkyl carbamates (subject to hydrolysis) is 1. The van der Waals surface area contributed by atoms with Gasteiger partial charge in [-0.05, 0) is 48.2 Å². The number of carboxylic acids is 1. The molecule has 0 radical (unpaired) electrons. The minimum Gasteiger partial charge on any atom is -0.495 e. The van der Waals surface area contributed by atoms with E-state index in [1.807, 2.05) is 26.1 Å². The lowest BCUT2D eigenvalue weighted by Gasteiger charge is -2.38. The van der Waals surface area contributed by atoms with E-state index >= 15 is 4.39 Å². The number of methoxy groups -OCH3 is 1. The number of carboxylic acid groups (broad SMARTS) is 1. The maximum atomic E-state index is 16.0. The highest BCUT2D eigenvalue weighted by atomic mass is 35.5. The number of benzene rings is 2. The summed E-state index contributed by atoms with van der Waals surface area (Å²) >= 11 is 12.4. The zero-order chi connectivity index (χ0) is 38.4. The van der Waals surface area contributed by atoms with Crippen molar-refractivity contribution in [3.63, 3.8) is 0 Å². The number of carbonyl (C=O) groups excluding carboxylic acids is 3. The first-order chi connectivity index (χ1) is 24.5. The summed E-state index contributed by atoms with van der Waals surface area (Å²) < 4.78 is 31.4. The summed E-state index contributed by atoms with van der Waals surface area (Å²) in [6.45, 7) is 6.50. The van der Waals surface area contributed by atoms with E-state index in [1.165, 1.54) is 44.4 Å². The fourth-order valence-electron chi connectivity index (χ4n) is 6.34. The minimum absolute atomic E-state index is 0.0247. The Kier molecular flexibility index (Phi) is 12.6. The van der Waals surface area contributed by atoms with Gasteiger partial charge in [-0.3, -0.25) is 9.59 Å². The van der Waals surface area contributed by atoms with Gasteiger partial charge in [0.2, 0.25) is 12.2 Å². The van der Waals surface area contributed by atoms with Crippen LogP contribution in [0.3, 0.4) is 0 Å². The normalized spacial score (nSPS) is 22.7. The van der Waals surface area contributed by atoms with Crippen molar-refractivity contribution in [3.8, 4) is 23.7 Å². The van der Waals surface area contributed by atoms with Crippen LogP contribution in [0.15, 0.2) is 59.7 Å². The Morgan fingerprint density at radius 3 is 2.52 bits per heavy atom. The Bertz CT molecular complexity index is 1910. The Balaban J connectivity index is 1.70. The minimum atomic E-state index is -1.62. The molecule has 2 amide bonds. The summed E-state index contributed by atoms with van der Waals surface area (Å²) in [6, 6.07) is 8.74. The summed E-state index contributed by atoms with van der Waals surface area (Å²) in [5, 5.41) is 28.4. The molecule has 0 spiro atoms. The van der Waals surface area contributed by atoms with E-state index in [0.29, 0.717) is 6.42 Å². The van der Waals surface area contributed by atoms with Crippen molar-refractivity contribution in [3.05, 3.63) is 81.6 Å². The van der Waals surface area contributed by atoms with Gasteiger partial charge in [0, 0.05) is 35.4 Å². The molecule has 0 aromatic heterocycles. The number of halogens is 3. The van der Waals surface area contributed by atoms with Gasteiger partial charge in [0.15, 0.2) is 0 Å². The van der Waals surface area contributed by atoms with Crippen LogP contribution in [-0.4, -0.2) is 61.1 Å². The van der Waals surface area contributed by atoms with Crippen LogP contribution in [0.5, 0.6) is 5.75 Å². The van der Waals surface area contributed by atoms with Crippen molar-refractivity contribution < 1.29 is 42.9 Å². The molecule has 1 aliphatic heterocycles. The highest BCUT2D eigenvalue weighted by Crippen LogP contribution is 2.51. The predicted octanol–water partition coefficient (Wildman–Crippen LogP) is 5.91. The molecule has 0 saturated carbocycles.